The van der Waals surface area contributed by atoms with Crippen LogP contribution in [0.15, 0.2) is 16.8 Å². The fraction of sp³-hybridized carbons (Fsp3) is 0.312. The molecule has 0 radical (unpaired) electrons. The van der Waals surface area contributed by atoms with Gasteiger partial charge in [0.1, 0.15) is 10.7 Å². The highest BCUT2D eigenvalue weighted by atomic mass is 32.1. The number of hydrogen-bond acceptors (Lipinski definition) is 5. The van der Waals surface area contributed by atoms with E-state index in [9.17, 15) is 4.79 Å². The SMILES string of the molecule is Cc1nc(C)c2c(C)c(C(=O)NCCc3ccsc3)sc2n1. The zero-order valence-corrected chi connectivity index (χ0v) is 14.4. The Kier molecular flexibility index (Phi) is 4.22. The van der Waals surface area contributed by atoms with Gasteiger partial charge in [-0.2, -0.15) is 11.3 Å². The highest BCUT2D eigenvalue weighted by Crippen LogP contribution is 2.31. The molecule has 0 unspecified atom stereocenters. The Bertz CT molecular complexity index is 822. The fourth-order valence-electron chi connectivity index (χ4n) is 2.53. The molecule has 4 nitrogen and oxygen atoms in total. The predicted octanol–water partition coefficient (Wildman–Crippen LogP) is 3.65. The van der Waals surface area contributed by atoms with Gasteiger partial charge in [0.25, 0.3) is 5.91 Å². The molecule has 0 aliphatic rings. The number of thiophene rings is 2. The predicted molar refractivity (Wildman–Crippen MR) is 92.0 cm³/mol. The van der Waals surface area contributed by atoms with Crippen molar-refractivity contribution in [2.75, 3.05) is 6.54 Å². The first-order valence-corrected chi connectivity index (χ1v) is 8.86. The van der Waals surface area contributed by atoms with Crippen LogP contribution in [0.4, 0.5) is 0 Å². The zero-order chi connectivity index (χ0) is 15.7. The van der Waals surface area contributed by atoms with Crippen LogP contribution in [0.5, 0.6) is 0 Å². The van der Waals surface area contributed by atoms with Crippen LogP contribution in [0.3, 0.4) is 0 Å². The largest absolute Gasteiger partial charge is 0.351 e. The Morgan fingerprint density at radius 3 is 2.82 bits per heavy atom. The first-order chi connectivity index (χ1) is 10.6. The normalized spacial score (nSPS) is 11.0. The summed E-state index contributed by atoms with van der Waals surface area (Å²) in [5, 5.41) is 8.18. The molecular formula is C16H17N3OS2. The summed E-state index contributed by atoms with van der Waals surface area (Å²) in [5.41, 5.74) is 3.18. The zero-order valence-electron chi connectivity index (χ0n) is 12.8. The number of amides is 1. The summed E-state index contributed by atoms with van der Waals surface area (Å²) in [5.74, 6) is 0.725. The Labute approximate surface area is 137 Å². The number of nitrogens with one attached hydrogen (secondary N) is 1. The Morgan fingerprint density at radius 1 is 1.27 bits per heavy atom. The van der Waals surface area contributed by atoms with Gasteiger partial charge < -0.3 is 5.32 Å². The molecule has 0 spiro atoms. The number of aryl methyl sites for hydroxylation is 3. The highest BCUT2D eigenvalue weighted by molar-refractivity contribution is 7.20. The van der Waals surface area contributed by atoms with Gasteiger partial charge in [-0.1, -0.05) is 0 Å². The summed E-state index contributed by atoms with van der Waals surface area (Å²) in [7, 11) is 0. The van der Waals surface area contributed by atoms with Gasteiger partial charge in [0.2, 0.25) is 0 Å². The topological polar surface area (TPSA) is 54.9 Å². The van der Waals surface area contributed by atoms with Crippen molar-refractivity contribution in [1.82, 2.24) is 15.3 Å². The molecule has 0 saturated carbocycles. The third kappa shape index (κ3) is 2.89. The van der Waals surface area contributed by atoms with Gasteiger partial charge in [-0.3, -0.25) is 4.79 Å². The second-order valence-corrected chi connectivity index (χ2v) is 7.01. The van der Waals surface area contributed by atoms with E-state index in [4.69, 9.17) is 0 Å². The molecule has 0 atom stereocenters. The summed E-state index contributed by atoms with van der Waals surface area (Å²) >= 11 is 3.12. The van der Waals surface area contributed by atoms with E-state index in [1.54, 1.807) is 11.3 Å². The van der Waals surface area contributed by atoms with Crippen molar-refractivity contribution >= 4 is 38.8 Å². The van der Waals surface area contributed by atoms with E-state index in [0.29, 0.717) is 6.54 Å². The molecule has 0 saturated heterocycles. The van der Waals surface area contributed by atoms with Crippen LogP contribution in [-0.2, 0) is 6.42 Å². The number of nitrogens with zero attached hydrogens (tertiary/aromatic N) is 2. The molecule has 0 aliphatic carbocycles. The van der Waals surface area contributed by atoms with Gasteiger partial charge in [0.05, 0.1) is 4.88 Å². The number of aromatic nitrogens is 2. The minimum atomic E-state index is -0.0206. The number of hydrogen-bond donors (Lipinski definition) is 1. The highest BCUT2D eigenvalue weighted by Gasteiger charge is 2.18. The van der Waals surface area contributed by atoms with Crippen molar-refractivity contribution < 1.29 is 4.79 Å². The standard InChI is InChI=1S/C16H17N3OS2/c1-9-13-10(2)18-11(3)19-16(13)22-14(9)15(20)17-6-4-12-5-7-21-8-12/h5,7-8H,4,6H2,1-3H3,(H,17,20). The van der Waals surface area contributed by atoms with Gasteiger partial charge in [-0.15, -0.1) is 11.3 Å². The molecule has 0 aliphatic heterocycles. The lowest BCUT2D eigenvalue weighted by Crippen LogP contribution is -2.25. The smallest absolute Gasteiger partial charge is 0.261 e. The first-order valence-electron chi connectivity index (χ1n) is 7.10. The molecule has 0 bridgehead atoms. The van der Waals surface area contributed by atoms with Crippen molar-refractivity contribution in [3.05, 3.63) is 44.3 Å². The van der Waals surface area contributed by atoms with Crippen LogP contribution in [0.2, 0.25) is 0 Å². The van der Waals surface area contributed by atoms with Gasteiger partial charge in [0, 0.05) is 17.6 Å². The number of carbonyl (C=O) groups is 1. The minimum absolute atomic E-state index is 0.0206. The average molecular weight is 331 g/mol. The summed E-state index contributed by atoms with van der Waals surface area (Å²) in [6, 6.07) is 2.09. The number of carbonyl (C=O) groups excluding carboxylic acids is 1. The molecule has 3 aromatic heterocycles. The maximum atomic E-state index is 12.4. The lowest BCUT2D eigenvalue weighted by atomic mass is 10.1. The third-order valence-corrected chi connectivity index (χ3v) is 5.48. The minimum Gasteiger partial charge on any atom is -0.351 e. The van der Waals surface area contributed by atoms with Crippen LogP contribution < -0.4 is 5.32 Å². The van der Waals surface area contributed by atoms with Crippen molar-refractivity contribution in [2.24, 2.45) is 0 Å². The molecule has 3 rings (SSSR count). The van der Waals surface area contributed by atoms with E-state index in [2.05, 4.69) is 32.1 Å². The van der Waals surface area contributed by atoms with Gasteiger partial charge in [0.15, 0.2) is 0 Å². The lowest BCUT2D eigenvalue weighted by Gasteiger charge is -2.03. The van der Waals surface area contributed by atoms with Gasteiger partial charge in [-0.05, 0) is 55.1 Å². The monoisotopic (exact) mass is 331 g/mol. The Balaban J connectivity index is 1.79. The van der Waals surface area contributed by atoms with Gasteiger partial charge in [-0.25, -0.2) is 9.97 Å². The van der Waals surface area contributed by atoms with Crippen LogP contribution in [0, 0.1) is 20.8 Å². The third-order valence-electron chi connectivity index (χ3n) is 3.57. The van der Waals surface area contributed by atoms with Gasteiger partial charge >= 0.3 is 0 Å². The van der Waals surface area contributed by atoms with E-state index >= 15 is 0 Å². The molecule has 6 heteroatoms. The maximum absolute atomic E-state index is 12.4. The summed E-state index contributed by atoms with van der Waals surface area (Å²) in [6.07, 6.45) is 0.858. The maximum Gasteiger partial charge on any atom is 0.261 e. The van der Waals surface area contributed by atoms with Crippen molar-refractivity contribution in [1.29, 1.82) is 0 Å². The summed E-state index contributed by atoms with van der Waals surface area (Å²) in [6.45, 7) is 6.46. The Hall–Kier alpha value is -1.79. The van der Waals surface area contributed by atoms with E-state index in [1.165, 1.54) is 16.9 Å². The molecule has 3 aromatic rings. The number of rotatable bonds is 4. The van der Waals surface area contributed by atoms with Crippen LogP contribution in [0.25, 0.3) is 10.2 Å². The van der Waals surface area contributed by atoms with Crippen molar-refractivity contribution in [3.63, 3.8) is 0 Å². The quantitative estimate of drug-likeness (QED) is 0.794. The second kappa shape index (κ2) is 6.14. The molecule has 114 valence electrons. The second-order valence-electron chi connectivity index (χ2n) is 5.23. The van der Waals surface area contributed by atoms with Crippen molar-refractivity contribution in [2.45, 2.75) is 27.2 Å². The Morgan fingerprint density at radius 2 is 2.09 bits per heavy atom. The number of fused-ring (bicyclic) bond motifs is 1. The molecule has 1 amide bonds. The van der Waals surface area contributed by atoms with Crippen molar-refractivity contribution in [3.8, 4) is 0 Å². The average Bonchev–Trinajstić information content (AvgIpc) is 3.06. The molecule has 3 heterocycles. The molecule has 22 heavy (non-hydrogen) atoms. The van der Waals surface area contributed by atoms with Crippen LogP contribution >= 0.6 is 22.7 Å². The fourth-order valence-corrected chi connectivity index (χ4v) is 4.42. The molecular weight excluding hydrogens is 314 g/mol. The lowest BCUT2D eigenvalue weighted by molar-refractivity contribution is 0.0957. The van der Waals surface area contributed by atoms with E-state index < -0.39 is 0 Å². The van der Waals surface area contributed by atoms with E-state index in [1.807, 2.05) is 20.8 Å². The van der Waals surface area contributed by atoms with E-state index in [-0.39, 0.29) is 5.91 Å². The summed E-state index contributed by atoms with van der Waals surface area (Å²) in [4.78, 5) is 22.9. The molecule has 1 N–H and O–H groups in total. The molecule has 0 fully saturated rings. The summed E-state index contributed by atoms with van der Waals surface area (Å²) < 4.78 is 0. The molecule has 0 aromatic carbocycles. The van der Waals surface area contributed by atoms with Crippen LogP contribution in [-0.4, -0.2) is 22.4 Å². The van der Waals surface area contributed by atoms with Crippen LogP contribution in [0.1, 0.15) is 32.3 Å². The van der Waals surface area contributed by atoms with E-state index in [0.717, 1.165) is 38.6 Å². The first kappa shape index (κ1) is 15.1.